The van der Waals surface area contributed by atoms with Crippen LogP contribution in [0.2, 0.25) is 0 Å². The summed E-state index contributed by atoms with van der Waals surface area (Å²) in [6.45, 7) is 3.31. The highest BCUT2D eigenvalue weighted by Gasteiger charge is 2.12. The summed E-state index contributed by atoms with van der Waals surface area (Å²) in [6, 6.07) is 14.8. The summed E-state index contributed by atoms with van der Waals surface area (Å²) in [7, 11) is 0. The minimum atomic E-state index is -0.0120. The Hall–Kier alpha value is -1.94. The Morgan fingerprint density at radius 3 is 2.71 bits per heavy atom. The summed E-state index contributed by atoms with van der Waals surface area (Å²) in [5.74, 6) is 1.11. The lowest BCUT2D eigenvalue weighted by molar-refractivity contribution is -0.120. The summed E-state index contributed by atoms with van der Waals surface area (Å²) in [5.41, 5.74) is 4.81. The summed E-state index contributed by atoms with van der Waals surface area (Å²) >= 11 is 1.56. The zero-order valence-corrected chi connectivity index (χ0v) is 15.0. The van der Waals surface area contributed by atoms with Gasteiger partial charge in [0.2, 0.25) is 5.91 Å². The van der Waals surface area contributed by atoms with Gasteiger partial charge in [-0.2, -0.15) is 11.8 Å². The molecular weight excluding hydrogens is 318 g/mol. The Morgan fingerprint density at radius 1 is 1.21 bits per heavy atom. The molecule has 1 N–H and O–H groups in total. The fourth-order valence-corrected chi connectivity index (χ4v) is 3.09. The van der Waals surface area contributed by atoms with E-state index in [4.69, 9.17) is 4.74 Å². The van der Waals surface area contributed by atoms with Gasteiger partial charge in [-0.1, -0.05) is 30.3 Å². The van der Waals surface area contributed by atoms with Crippen LogP contribution >= 0.6 is 11.8 Å². The molecule has 0 saturated heterocycles. The third-order valence-corrected chi connectivity index (χ3v) is 5.31. The van der Waals surface area contributed by atoms with Crippen molar-refractivity contribution >= 4 is 17.7 Å². The monoisotopic (exact) mass is 341 g/mol. The van der Waals surface area contributed by atoms with Crippen LogP contribution in [0.3, 0.4) is 0 Å². The van der Waals surface area contributed by atoms with Gasteiger partial charge in [0, 0.05) is 6.54 Å². The summed E-state index contributed by atoms with van der Waals surface area (Å²) in [5, 5.41) is 2.96. The number of aryl methyl sites for hydroxylation is 1. The average molecular weight is 341 g/mol. The molecular formula is C20H23NO2S. The molecule has 0 bridgehead atoms. The van der Waals surface area contributed by atoms with Gasteiger partial charge in [0.25, 0.3) is 0 Å². The van der Waals surface area contributed by atoms with E-state index in [-0.39, 0.29) is 11.2 Å². The quantitative estimate of drug-likeness (QED) is 0.892. The molecule has 0 radical (unpaired) electrons. The molecule has 1 unspecified atom stereocenters. The maximum Gasteiger partial charge on any atom is 0.233 e. The summed E-state index contributed by atoms with van der Waals surface area (Å²) in [6.07, 6.45) is 4.12. The second-order valence-corrected chi connectivity index (χ2v) is 7.25. The molecule has 24 heavy (non-hydrogen) atoms. The zero-order valence-electron chi connectivity index (χ0n) is 14.2. The zero-order chi connectivity index (χ0) is 16.9. The van der Waals surface area contributed by atoms with Crippen molar-refractivity contribution in [2.75, 3.05) is 12.9 Å². The van der Waals surface area contributed by atoms with Gasteiger partial charge in [-0.3, -0.25) is 4.79 Å². The number of carbonyl (C=O) groups excluding carboxylic acids is 1. The summed E-state index contributed by atoms with van der Waals surface area (Å²) in [4.78, 5) is 11.8. The third kappa shape index (κ3) is 3.93. The van der Waals surface area contributed by atoms with Gasteiger partial charge in [0.05, 0.1) is 11.9 Å². The van der Waals surface area contributed by atoms with Gasteiger partial charge >= 0.3 is 0 Å². The first-order chi connectivity index (χ1) is 11.7. The van der Waals surface area contributed by atoms with Crippen LogP contribution in [0.1, 0.15) is 24.5 Å². The minimum absolute atomic E-state index is 0.0120. The van der Waals surface area contributed by atoms with Crippen LogP contribution in [0.15, 0.2) is 42.5 Å². The van der Waals surface area contributed by atoms with Crippen molar-refractivity contribution in [3.8, 4) is 16.9 Å². The number of fused-ring (bicyclic) bond motifs is 1. The maximum absolute atomic E-state index is 11.8. The first-order valence-electron chi connectivity index (χ1n) is 8.33. The molecule has 0 aliphatic carbocycles. The molecule has 2 aromatic carbocycles. The van der Waals surface area contributed by atoms with Crippen molar-refractivity contribution in [1.29, 1.82) is 0 Å². The Kier molecular flexibility index (Phi) is 5.46. The van der Waals surface area contributed by atoms with Crippen LogP contribution in [-0.2, 0) is 17.8 Å². The number of rotatable bonds is 5. The lowest BCUT2D eigenvalue weighted by Gasteiger charge is -2.18. The van der Waals surface area contributed by atoms with E-state index in [1.807, 2.05) is 13.2 Å². The van der Waals surface area contributed by atoms with Crippen LogP contribution < -0.4 is 10.1 Å². The molecule has 0 saturated carbocycles. The lowest BCUT2D eigenvalue weighted by atomic mass is 9.98. The van der Waals surface area contributed by atoms with Crippen molar-refractivity contribution in [2.45, 2.75) is 31.6 Å². The van der Waals surface area contributed by atoms with E-state index in [0.29, 0.717) is 6.54 Å². The van der Waals surface area contributed by atoms with Crippen molar-refractivity contribution in [3.05, 3.63) is 53.6 Å². The molecule has 0 aromatic heterocycles. The molecule has 0 fully saturated rings. The predicted molar refractivity (Wildman–Crippen MR) is 101 cm³/mol. The Balaban J connectivity index is 1.67. The van der Waals surface area contributed by atoms with E-state index >= 15 is 0 Å². The van der Waals surface area contributed by atoms with E-state index in [1.165, 1.54) is 16.7 Å². The Morgan fingerprint density at radius 2 is 1.96 bits per heavy atom. The van der Waals surface area contributed by atoms with Crippen LogP contribution in [0.5, 0.6) is 5.75 Å². The van der Waals surface area contributed by atoms with E-state index < -0.39 is 0 Å². The number of ether oxygens (including phenoxy) is 1. The lowest BCUT2D eigenvalue weighted by Crippen LogP contribution is -2.30. The van der Waals surface area contributed by atoms with Crippen LogP contribution in [0.4, 0.5) is 0 Å². The normalized spacial score (nSPS) is 14.4. The molecule has 0 spiro atoms. The highest BCUT2D eigenvalue weighted by molar-refractivity contribution is 7.99. The van der Waals surface area contributed by atoms with Crippen LogP contribution in [-0.4, -0.2) is 24.0 Å². The van der Waals surface area contributed by atoms with E-state index in [0.717, 1.165) is 30.8 Å². The molecule has 1 aliphatic heterocycles. The molecule has 4 heteroatoms. The second kappa shape index (κ2) is 7.75. The number of thioether (sulfide) groups is 1. The standard InChI is InChI=1S/C20H23NO2S/c1-14(24-2)20(22)21-13-15-5-7-16(8-6-15)17-9-10-19-18(12-17)4-3-11-23-19/h5-10,12,14H,3-4,11,13H2,1-2H3,(H,21,22). The van der Waals surface area contributed by atoms with Crippen molar-refractivity contribution in [1.82, 2.24) is 5.32 Å². The number of hydrogen-bond acceptors (Lipinski definition) is 3. The highest BCUT2D eigenvalue weighted by Crippen LogP contribution is 2.30. The minimum Gasteiger partial charge on any atom is -0.493 e. The van der Waals surface area contributed by atoms with E-state index in [9.17, 15) is 4.79 Å². The smallest absolute Gasteiger partial charge is 0.233 e. The molecule has 1 atom stereocenters. The Labute approximate surface area is 147 Å². The van der Waals surface area contributed by atoms with Gasteiger partial charge < -0.3 is 10.1 Å². The maximum atomic E-state index is 11.8. The number of nitrogens with one attached hydrogen (secondary N) is 1. The number of amides is 1. The van der Waals surface area contributed by atoms with Crippen molar-refractivity contribution < 1.29 is 9.53 Å². The van der Waals surface area contributed by atoms with E-state index in [2.05, 4.69) is 47.8 Å². The van der Waals surface area contributed by atoms with Gasteiger partial charge in [0.1, 0.15) is 5.75 Å². The average Bonchev–Trinajstić information content (AvgIpc) is 2.65. The van der Waals surface area contributed by atoms with Crippen molar-refractivity contribution in [2.24, 2.45) is 0 Å². The molecule has 3 nitrogen and oxygen atoms in total. The van der Waals surface area contributed by atoms with Gasteiger partial charge in [-0.25, -0.2) is 0 Å². The fourth-order valence-electron chi connectivity index (χ4n) is 2.79. The second-order valence-electron chi connectivity index (χ2n) is 6.07. The van der Waals surface area contributed by atoms with E-state index in [1.54, 1.807) is 11.8 Å². The first kappa shape index (κ1) is 16.9. The molecule has 2 aromatic rings. The topological polar surface area (TPSA) is 38.3 Å². The third-order valence-electron chi connectivity index (χ3n) is 4.39. The first-order valence-corrected chi connectivity index (χ1v) is 9.61. The number of hydrogen-bond donors (Lipinski definition) is 1. The number of benzene rings is 2. The molecule has 3 rings (SSSR count). The van der Waals surface area contributed by atoms with Gasteiger partial charge in [0.15, 0.2) is 0 Å². The Bertz CT molecular complexity index is 712. The van der Waals surface area contributed by atoms with Crippen LogP contribution in [0, 0.1) is 0 Å². The van der Waals surface area contributed by atoms with Gasteiger partial charge in [-0.05, 0) is 60.4 Å². The van der Waals surface area contributed by atoms with Gasteiger partial charge in [-0.15, -0.1) is 0 Å². The highest BCUT2D eigenvalue weighted by atomic mass is 32.2. The molecule has 126 valence electrons. The fraction of sp³-hybridized carbons (Fsp3) is 0.350. The molecule has 1 aliphatic rings. The number of carbonyl (C=O) groups is 1. The van der Waals surface area contributed by atoms with Crippen LogP contribution in [0.25, 0.3) is 11.1 Å². The van der Waals surface area contributed by atoms with Crippen molar-refractivity contribution in [3.63, 3.8) is 0 Å². The molecule has 1 amide bonds. The predicted octanol–water partition coefficient (Wildman–Crippen LogP) is 4.05. The SMILES string of the molecule is CSC(C)C(=O)NCc1ccc(-c2ccc3c(c2)CCCO3)cc1. The summed E-state index contributed by atoms with van der Waals surface area (Å²) < 4.78 is 5.67. The molecule has 1 heterocycles. The largest absolute Gasteiger partial charge is 0.493 e.